The second-order valence-corrected chi connectivity index (χ2v) is 7.44. The Morgan fingerprint density at radius 1 is 1.09 bits per heavy atom. The quantitative estimate of drug-likeness (QED) is 0.503. The van der Waals surface area contributed by atoms with E-state index in [0.29, 0.717) is 21.3 Å². The third-order valence-electron chi connectivity index (χ3n) is 4.42. The molecule has 0 saturated carbocycles. The van der Waals surface area contributed by atoms with E-state index in [4.69, 9.17) is 23.2 Å². The molecular weight excluding hydrogens is 463 g/mol. The fourth-order valence-electron chi connectivity index (χ4n) is 3.03. The number of anilines is 3. The van der Waals surface area contributed by atoms with Gasteiger partial charge < -0.3 is 10.1 Å². The normalized spacial score (nSPS) is 10.6. The largest absolute Gasteiger partial charge is 0.491 e. The first-order valence-corrected chi connectivity index (χ1v) is 9.99. The summed E-state index contributed by atoms with van der Waals surface area (Å²) in [6, 6.07) is 9.72. The second kappa shape index (κ2) is 9.93. The van der Waals surface area contributed by atoms with Crippen LogP contribution in [0.4, 0.5) is 26.0 Å². The summed E-state index contributed by atoms with van der Waals surface area (Å²) in [5, 5.41) is 3.38. The number of ether oxygens (including phenoxy) is 1. The van der Waals surface area contributed by atoms with Gasteiger partial charge in [-0.1, -0.05) is 29.3 Å². The van der Waals surface area contributed by atoms with Crippen LogP contribution in [-0.4, -0.2) is 23.9 Å². The van der Waals surface area contributed by atoms with Gasteiger partial charge in [-0.3, -0.25) is 14.5 Å². The average molecular weight is 480 g/mol. The predicted octanol–water partition coefficient (Wildman–Crippen LogP) is 5.54. The van der Waals surface area contributed by atoms with Gasteiger partial charge in [-0.2, -0.15) is 0 Å². The lowest BCUT2D eigenvalue weighted by atomic mass is 10.1. The number of hydrogen-bond acceptors (Lipinski definition) is 4. The summed E-state index contributed by atoms with van der Waals surface area (Å²) >= 11 is 12.2. The number of carbonyl (C=O) groups is 2. The molecular formula is C22H17Cl2F2N3O3. The molecule has 1 heterocycles. The highest BCUT2D eigenvalue weighted by atomic mass is 35.5. The number of aromatic nitrogens is 1. The standard InChI is InChI=1S/C22H17Cl2F2N3O3/c1-12(30)29(14-9-18(25)22(32-2)19(26)10-14)20-8-13(6-7-27-20)28-21(31)11-15-16(23)4-3-5-17(15)24/h3-10H,11H2,1-2H3,(H,27,28,31). The van der Waals surface area contributed by atoms with Crippen molar-refractivity contribution in [2.75, 3.05) is 17.3 Å². The monoisotopic (exact) mass is 479 g/mol. The summed E-state index contributed by atoms with van der Waals surface area (Å²) in [6.45, 7) is 1.21. The summed E-state index contributed by atoms with van der Waals surface area (Å²) in [5.41, 5.74) is 0.688. The SMILES string of the molecule is COc1c(F)cc(N(C(C)=O)c2cc(NC(=O)Cc3c(Cl)cccc3Cl)ccn2)cc1F. The van der Waals surface area contributed by atoms with Crippen LogP contribution in [-0.2, 0) is 16.0 Å². The van der Waals surface area contributed by atoms with E-state index in [-0.39, 0.29) is 17.9 Å². The summed E-state index contributed by atoms with van der Waals surface area (Å²) in [5.74, 6) is -3.43. The topological polar surface area (TPSA) is 71.5 Å². The van der Waals surface area contributed by atoms with Gasteiger partial charge in [0.15, 0.2) is 17.4 Å². The number of benzene rings is 2. The minimum Gasteiger partial charge on any atom is -0.491 e. The lowest BCUT2D eigenvalue weighted by Crippen LogP contribution is -2.24. The van der Waals surface area contributed by atoms with Crippen molar-refractivity contribution in [1.82, 2.24) is 4.98 Å². The minimum atomic E-state index is -0.977. The zero-order valence-electron chi connectivity index (χ0n) is 17.0. The molecule has 0 radical (unpaired) electrons. The molecule has 2 aromatic carbocycles. The number of carbonyl (C=O) groups excluding carboxylic acids is 2. The molecule has 2 amide bonds. The van der Waals surface area contributed by atoms with Gasteiger partial charge >= 0.3 is 0 Å². The fourth-order valence-corrected chi connectivity index (χ4v) is 3.56. The van der Waals surface area contributed by atoms with Gasteiger partial charge in [0.05, 0.1) is 19.2 Å². The molecule has 10 heteroatoms. The highest BCUT2D eigenvalue weighted by Gasteiger charge is 2.21. The number of halogens is 4. The van der Waals surface area contributed by atoms with Crippen LogP contribution >= 0.6 is 23.2 Å². The lowest BCUT2D eigenvalue weighted by Gasteiger charge is -2.21. The average Bonchev–Trinajstić information content (AvgIpc) is 2.71. The van der Waals surface area contributed by atoms with Gasteiger partial charge in [0.25, 0.3) is 0 Å². The molecule has 0 unspecified atom stereocenters. The third-order valence-corrected chi connectivity index (χ3v) is 5.13. The van der Waals surface area contributed by atoms with Gasteiger partial charge in [0, 0.05) is 47.1 Å². The van der Waals surface area contributed by atoms with Crippen LogP contribution in [0.25, 0.3) is 0 Å². The molecule has 0 fully saturated rings. The van der Waals surface area contributed by atoms with Crippen LogP contribution in [0.2, 0.25) is 10.0 Å². The van der Waals surface area contributed by atoms with Gasteiger partial charge in [-0.05, 0) is 23.8 Å². The smallest absolute Gasteiger partial charge is 0.229 e. The van der Waals surface area contributed by atoms with Crippen LogP contribution in [0, 0.1) is 11.6 Å². The molecule has 0 atom stereocenters. The molecule has 0 aliphatic carbocycles. The zero-order valence-corrected chi connectivity index (χ0v) is 18.5. The molecule has 6 nitrogen and oxygen atoms in total. The molecule has 166 valence electrons. The van der Waals surface area contributed by atoms with E-state index >= 15 is 0 Å². The Balaban J connectivity index is 1.88. The number of rotatable bonds is 6. The van der Waals surface area contributed by atoms with Gasteiger partial charge in [0.1, 0.15) is 5.82 Å². The first kappa shape index (κ1) is 23.4. The number of hydrogen-bond donors (Lipinski definition) is 1. The van der Waals surface area contributed by atoms with Crippen LogP contribution in [0.3, 0.4) is 0 Å². The molecule has 32 heavy (non-hydrogen) atoms. The first-order valence-electron chi connectivity index (χ1n) is 9.23. The molecule has 0 aliphatic rings. The number of methoxy groups -OCH3 is 1. The lowest BCUT2D eigenvalue weighted by molar-refractivity contribution is -0.116. The Hall–Kier alpha value is -3.23. The van der Waals surface area contributed by atoms with E-state index < -0.39 is 29.2 Å². The Labute approximate surface area is 192 Å². The van der Waals surface area contributed by atoms with Crippen molar-refractivity contribution in [3.63, 3.8) is 0 Å². The molecule has 0 aliphatic heterocycles. The van der Waals surface area contributed by atoms with E-state index in [0.717, 1.165) is 24.1 Å². The number of amides is 2. The molecule has 3 rings (SSSR count). The number of nitrogens with zero attached hydrogens (tertiary/aromatic N) is 2. The van der Waals surface area contributed by atoms with E-state index in [1.807, 2.05) is 0 Å². The van der Waals surface area contributed by atoms with E-state index in [9.17, 15) is 18.4 Å². The van der Waals surface area contributed by atoms with Crippen molar-refractivity contribution < 1.29 is 23.1 Å². The third kappa shape index (κ3) is 5.15. The number of pyridine rings is 1. The van der Waals surface area contributed by atoms with Crippen molar-refractivity contribution in [3.05, 3.63) is 75.9 Å². The molecule has 0 spiro atoms. The minimum absolute atomic E-state index is 0.0510. The van der Waals surface area contributed by atoms with Crippen LogP contribution < -0.4 is 15.0 Å². The Kier molecular flexibility index (Phi) is 7.27. The zero-order chi connectivity index (χ0) is 23.4. The van der Waals surface area contributed by atoms with E-state index in [1.165, 1.54) is 25.3 Å². The number of nitrogens with one attached hydrogen (secondary N) is 1. The summed E-state index contributed by atoms with van der Waals surface area (Å²) in [6.07, 6.45) is 1.26. The highest BCUT2D eigenvalue weighted by Crippen LogP contribution is 2.32. The maximum absolute atomic E-state index is 14.2. The van der Waals surface area contributed by atoms with Gasteiger partial charge in [-0.25, -0.2) is 13.8 Å². The van der Waals surface area contributed by atoms with Gasteiger partial charge in [-0.15, -0.1) is 0 Å². The molecule has 1 N–H and O–H groups in total. The second-order valence-electron chi connectivity index (χ2n) is 6.62. The maximum atomic E-state index is 14.2. The van der Waals surface area contributed by atoms with Gasteiger partial charge in [0.2, 0.25) is 11.8 Å². The molecule has 0 bridgehead atoms. The molecule has 3 aromatic rings. The molecule has 1 aromatic heterocycles. The maximum Gasteiger partial charge on any atom is 0.229 e. The predicted molar refractivity (Wildman–Crippen MR) is 119 cm³/mol. The molecule has 0 saturated heterocycles. The Bertz CT molecular complexity index is 1150. The van der Waals surface area contributed by atoms with E-state index in [1.54, 1.807) is 18.2 Å². The van der Waals surface area contributed by atoms with E-state index in [2.05, 4.69) is 15.0 Å². The Morgan fingerprint density at radius 3 is 2.28 bits per heavy atom. The van der Waals surface area contributed by atoms with Crippen molar-refractivity contribution in [1.29, 1.82) is 0 Å². The first-order chi connectivity index (χ1) is 15.2. The van der Waals surface area contributed by atoms with Crippen molar-refractivity contribution in [2.24, 2.45) is 0 Å². The fraction of sp³-hybridized carbons (Fsp3) is 0.136. The highest BCUT2D eigenvalue weighted by molar-refractivity contribution is 6.36. The van der Waals surface area contributed by atoms with Crippen molar-refractivity contribution >= 4 is 52.2 Å². The van der Waals surface area contributed by atoms with Crippen LogP contribution in [0.5, 0.6) is 5.75 Å². The van der Waals surface area contributed by atoms with Crippen molar-refractivity contribution in [2.45, 2.75) is 13.3 Å². The summed E-state index contributed by atoms with van der Waals surface area (Å²) in [4.78, 5) is 29.9. The van der Waals surface area contributed by atoms with Crippen molar-refractivity contribution in [3.8, 4) is 5.75 Å². The van der Waals surface area contributed by atoms with Crippen LogP contribution in [0.1, 0.15) is 12.5 Å². The summed E-state index contributed by atoms with van der Waals surface area (Å²) < 4.78 is 33.0. The Morgan fingerprint density at radius 2 is 1.72 bits per heavy atom. The summed E-state index contributed by atoms with van der Waals surface area (Å²) in [7, 11) is 1.13. The van der Waals surface area contributed by atoms with Crippen LogP contribution in [0.15, 0.2) is 48.7 Å².